The molecule has 0 aromatic carbocycles. The third kappa shape index (κ3) is 5.26. The second-order valence-electron chi connectivity index (χ2n) is 6.12. The highest BCUT2D eigenvalue weighted by Crippen LogP contribution is 2.52. The van der Waals surface area contributed by atoms with Crippen LogP contribution in [0.25, 0.3) is 0 Å². The smallest absolute Gasteiger partial charge is 0.262 e. The van der Waals surface area contributed by atoms with Gasteiger partial charge in [0.05, 0.1) is 6.10 Å². The first-order valence-corrected chi connectivity index (χ1v) is 9.43. The minimum Gasteiger partial charge on any atom is -0.334 e. The van der Waals surface area contributed by atoms with Gasteiger partial charge in [0, 0.05) is 12.1 Å². The molecule has 0 bridgehead atoms. The maximum Gasteiger partial charge on any atom is 0.262 e. The van der Waals surface area contributed by atoms with Crippen molar-refractivity contribution in [1.29, 1.82) is 0 Å². The summed E-state index contributed by atoms with van der Waals surface area (Å²) < 4.78 is 7.88. The zero-order valence-corrected chi connectivity index (χ0v) is 14.8. The summed E-state index contributed by atoms with van der Waals surface area (Å²) in [6, 6.07) is 0.363. The largest absolute Gasteiger partial charge is 0.334 e. The predicted octanol–water partition coefficient (Wildman–Crippen LogP) is 4.02. The lowest BCUT2D eigenvalue weighted by atomic mass is 9.97. The van der Waals surface area contributed by atoms with Crippen LogP contribution in [0.5, 0.6) is 0 Å². The SMILES string of the molecule is CC(C)C(OP(O)(=S)N(C(C)C)C(C)C)C(C)C. The van der Waals surface area contributed by atoms with Crippen LogP contribution in [0.3, 0.4) is 0 Å². The Labute approximate surface area is 118 Å². The quantitative estimate of drug-likeness (QED) is 0.719. The number of hydrogen-bond acceptors (Lipinski definition) is 2. The van der Waals surface area contributed by atoms with Crippen molar-refractivity contribution in [2.45, 2.75) is 73.6 Å². The van der Waals surface area contributed by atoms with Crippen molar-refractivity contribution in [3.63, 3.8) is 0 Å². The zero-order chi connectivity index (χ0) is 14.7. The van der Waals surface area contributed by atoms with Gasteiger partial charge in [-0.1, -0.05) is 27.7 Å². The summed E-state index contributed by atoms with van der Waals surface area (Å²) in [4.78, 5) is 10.6. The highest BCUT2D eigenvalue weighted by atomic mass is 32.5. The van der Waals surface area contributed by atoms with Crippen LogP contribution in [0.15, 0.2) is 0 Å². The van der Waals surface area contributed by atoms with Gasteiger partial charge in [0.2, 0.25) is 0 Å². The van der Waals surface area contributed by atoms with E-state index in [2.05, 4.69) is 27.7 Å². The van der Waals surface area contributed by atoms with Crippen LogP contribution in [0.4, 0.5) is 0 Å². The normalized spacial score (nSPS) is 16.6. The van der Waals surface area contributed by atoms with E-state index in [1.165, 1.54) is 0 Å². The van der Waals surface area contributed by atoms with Crippen molar-refractivity contribution in [3.8, 4) is 0 Å². The Balaban J connectivity index is 5.06. The second kappa shape index (κ2) is 7.35. The fraction of sp³-hybridized carbons (Fsp3) is 1.00. The van der Waals surface area contributed by atoms with Crippen molar-refractivity contribution >= 4 is 18.4 Å². The molecule has 0 aliphatic carbocycles. The van der Waals surface area contributed by atoms with Gasteiger partial charge in [-0.3, -0.25) is 0 Å². The van der Waals surface area contributed by atoms with E-state index < -0.39 is 6.64 Å². The Bertz CT molecular complexity index is 277. The fourth-order valence-electron chi connectivity index (χ4n) is 2.41. The molecule has 0 fully saturated rings. The second-order valence-corrected chi connectivity index (χ2v) is 9.20. The molecular weight excluding hydrogens is 265 g/mol. The van der Waals surface area contributed by atoms with E-state index in [1.807, 2.05) is 32.4 Å². The van der Waals surface area contributed by atoms with E-state index in [-0.39, 0.29) is 18.2 Å². The lowest BCUT2D eigenvalue weighted by Gasteiger charge is -2.39. The van der Waals surface area contributed by atoms with Crippen LogP contribution >= 0.6 is 6.64 Å². The molecular formula is C13H30NO2PS. The molecule has 0 heterocycles. The minimum absolute atomic E-state index is 0.000772. The molecule has 0 aromatic heterocycles. The maximum absolute atomic E-state index is 10.6. The average Bonchev–Trinajstić information content (AvgIpc) is 2.10. The van der Waals surface area contributed by atoms with E-state index in [1.54, 1.807) is 0 Å². The molecule has 5 heteroatoms. The van der Waals surface area contributed by atoms with Crippen LogP contribution in [-0.2, 0) is 16.3 Å². The Morgan fingerprint density at radius 2 is 1.22 bits per heavy atom. The standard InChI is InChI=1S/C13H30NO2PS/c1-9(2)13(10(3)4)16-17(15,18)14(11(5)6)12(7)8/h9-13H,1-8H3,(H,15,18). The van der Waals surface area contributed by atoms with Crippen LogP contribution in [0, 0.1) is 11.8 Å². The minimum atomic E-state index is -2.91. The summed E-state index contributed by atoms with van der Waals surface area (Å²) in [7, 11) is 0. The van der Waals surface area contributed by atoms with Gasteiger partial charge in [-0.25, -0.2) is 4.67 Å². The van der Waals surface area contributed by atoms with Gasteiger partial charge in [0.15, 0.2) is 0 Å². The first-order valence-electron chi connectivity index (χ1n) is 6.80. The summed E-state index contributed by atoms with van der Waals surface area (Å²) in [5.74, 6) is 0.696. The average molecular weight is 295 g/mol. The fourth-order valence-corrected chi connectivity index (χ4v) is 5.92. The molecule has 0 aromatic rings. The van der Waals surface area contributed by atoms with E-state index >= 15 is 0 Å². The third-order valence-electron chi connectivity index (χ3n) is 2.92. The molecule has 0 saturated heterocycles. The number of hydrogen-bond donors (Lipinski definition) is 1. The van der Waals surface area contributed by atoms with Crippen LogP contribution in [0.1, 0.15) is 55.4 Å². The molecule has 0 aliphatic heterocycles. The lowest BCUT2D eigenvalue weighted by Crippen LogP contribution is -2.37. The molecule has 0 rings (SSSR count). The molecule has 3 nitrogen and oxygen atoms in total. The lowest BCUT2D eigenvalue weighted by molar-refractivity contribution is 0.0829. The van der Waals surface area contributed by atoms with Crippen LogP contribution in [0.2, 0.25) is 0 Å². The van der Waals surface area contributed by atoms with Crippen LogP contribution in [-0.4, -0.2) is 27.8 Å². The highest BCUT2D eigenvalue weighted by Gasteiger charge is 2.34. The van der Waals surface area contributed by atoms with Gasteiger partial charge in [-0.05, 0) is 51.3 Å². The molecule has 1 N–H and O–H groups in total. The van der Waals surface area contributed by atoms with Gasteiger partial charge < -0.3 is 9.42 Å². The summed E-state index contributed by atoms with van der Waals surface area (Å²) in [6.45, 7) is 13.7. The summed E-state index contributed by atoms with van der Waals surface area (Å²) >= 11 is 5.40. The highest BCUT2D eigenvalue weighted by molar-refractivity contribution is 8.08. The monoisotopic (exact) mass is 295 g/mol. The molecule has 0 spiro atoms. The van der Waals surface area contributed by atoms with Gasteiger partial charge in [-0.15, -0.1) is 0 Å². The molecule has 1 atom stereocenters. The molecule has 0 aliphatic rings. The van der Waals surface area contributed by atoms with E-state index in [0.717, 1.165) is 0 Å². The molecule has 0 radical (unpaired) electrons. The predicted molar refractivity (Wildman–Crippen MR) is 83.2 cm³/mol. The molecule has 110 valence electrons. The zero-order valence-electron chi connectivity index (χ0n) is 13.0. The molecule has 1 unspecified atom stereocenters. The molecule has 18 heavy (non-hydrogen) atoms. The Morgan fingerprint density at radius 1 is 0.889 bits per heavy atom. The summed E-state index contributed by atoms with van der Waals surface area (Å²) in [6.07, 6.45) is 0.000772. The van der Waals surface area contributed by atoms with Crippen molar-refractivity contribution in [2.24, 2.45) is 11.8 Å². The van der Waals surface area contributed by atoms with Gasteiger partial charge >= 0.3 is 0 Å². The first kappa shape index (κ1) is 18.5. The van der Waals surface area contributed by atoms with Gasteiger partial charge in [0.25, 0.3) is 6.64 Å². The number of rotatable bonds is 7. The van der Waals surface area contributed by atoms with Crippen molar-refractivity contribution in [1.82, 2.24) is 4.67 Å². The van der Waals surface area contributed by atoms with E-state index in [9.17, 15) is 4.89 Å². The van der Waals surface area contributed by atoms with Crippen molar-refractivity contribution in [2.75, 3.05) is 0 Å². The van der Waals surface area contributed by atoms with Crippen LogP contribution < -0.4 is 0 Å². The molecule has 0 amide bonds. The third-order valence-corrected chi connectivity index (χ3v) is 5.77. The Morgan fingerprint density at radius 3 is 1.44 bits per heavy atom. The number of nitrogens with zero attached hydrogens (tertiary/aromatic N) is 1. The Kier molecular flexibility index (Phi) is 7.57. The molecule has 0 saturated carbocycles. The first-order chi connectivity index (χ1) is 8.00. The summed E-state index contributed by atoms with van der Waals surface area (Å²) in [5, 5.41) is 0. The summed E-state index contributed by atoms with van der Waals surface area (Å²) in [5.41, 5.74) is 0. The Hall–Kier alpha value is 0.530. The van der Waals surface area contributed by atoms with E-state index in [0.29, 0.717) is 11.8 Å². The maximum atomic E-state index is 10.6. The van der Waals surface area contributed by atoms with E-state index in [4.69, 9.17) is 16.3 Å². The van der Waals surface area contributed by atoms with Crippen molar-refractivity contribution < 1.29 is 9.42 Å². The van der Waals surface area contributed by atoms with Gasteiger partial charge in [0.1, 0.15) is 0 Å². The van der Waals surface area contributed by atoms with Gasteiger partial charge in [-0.2, -0.15) is 0 Å². The topological polar surface area (TPSA) is 32.7 Å². The van der Waals surface area contributed by atoms with Crippen molar-refractivity contribution in [3.05, 3.63) is 0 Å².